The number of anilines is 1. The van der Waals surface area contributed by atoms with E-state index in [-0.39, 0.29) is 44.7 Å². The van der Waals surface area contributed by atoms with E-state index >= 15 is 0 Å². The Morgan fingerprint density at radius 2 is 2.03 bits per heavy atom. The summed E-state index contributed by atoms with van der Waals surface area (Å²) >= 11 is 0.920. The van der Waals surface area contributed by atoms with Crippen LogP contribution in [0.2, 0.25) is 0 Å². The van der Waals surface area contributed by atoms with Gasteiger partial charge in [0.05, 0.1) is 0 Å². The standard InChI is InChI=1S/C12H14N6O10S2.Na/c13-11-15-4(3-29-11)7(17-28-2-6(19)20)9(21)16-8-5(1-27-12(14)23)18(10(8)22)30(24,25)26;/h3,5,8H,1-2H2,(H2,13,15)(H2,14,23)(H,16,21)(H,19,20)(H,24,25,26);/b17-7-;/t5-,8+;/m1./s1. The number of nitrogen functional groups attached to an aromatic ring is 1. The van der Waals surface area contributed by atoms with Crippen LogP contribution in [0, 0.1) is 0 Å². The van der Waals surface area contributed by atoms with E-state index in [0.717, 1.165) is 11.3 Å². The minimum Gasteiger partial charge on any atom is -0.479 e. The van der Waals surface area contributed by atoms with Gasteiger partial charge in [0, 0.05) is 34.9 Å². The molecule has 0 bridgehead atoms. The van der Waals surface area contributed by atoms with Crippen molar-refractivity contribution >= 4 is 85.9 Å². The summed E-state index contributed by atoms with van der Waals surface area (Å²) in [6, 6.07) is -3.08. The fraction of sp³-hybridized carbons (Fsp3) is 0.333. The summed E-state index contributed by atoms with van der Waals surface area (Å²) < 4.78 is 36.2. The summed E-state index contributed by atoms with van der Waals surface area (Å²) in [4.78, 5) is 54.3. The van der Waals surface area contributed by atoms with Crippen molar-refractivity contribution in [2.45, 2.75) is 12.1 Å². The number of rotatable bonds is 9. The van der Waals surface area contributed by atoms with Crippen molar-refractivity contribution in [1.82, 2.24) is 14.6 Å². The fourth-order valence-electron chi connectivity index (χ4n) is 2.26. The van der Waals surface area contributed by atoms with Gasteiger partial charge in [0.2, 0.25) is 6.61 Å². The second-order valence-corrected chi connectivity index (χ2v) is 7.62. The maximum atomic E-state index is 12.6. The van der Waals surface area contributed by atoms with Gasteiger partial charge >= 0.3 is 22.4 Å². The average Bonchev–Trinajstić information content (AvgIpc) is 3.04. The molecular weight excluding hydrogens is 475 g/mol. The van der Waals surface area contributed by atoms with Crippen LogP contribution in [0.25, 0.3) is 0 Å². The predicted molar refractivity (Wildman–Crippen MR) is 102 cm³/mol. The van der Waals surface area contributed by atoms with Crippen LogP contribution < -0.4 is 16.8 Å². The molecule has 0 aliphatic carbocycles. The molecule has 0 aromatic carbocycles. The molecule has 1 fully saturated rings. The molecule has 0 unspecified atom stereocenters. The van der Waals surface area contributed by atoms with Crippen LogP contribution in [0.4, 0.5) is 9.93 Å². The predicted octanol–water partition coefficient (Wildman–Crippen LogP) is -3.26. The van der Waals surface area contributed by atoms with Gasteiger partial charge in [-0.3, -0.25) is 14.1 Å². The van der Waals surface area contributed by atoms with Gasteiger partial charge in [-0.1, -0.05) is 5.16 Å². The second kappa shape index (κ2) is 10.7. The van der Waals surface area contributed by atoms with Gasteiger partial charge in [-0.25, -0.2) is 18.9 Å². The first-order chi connectivity index (χ1) is 13.9. The quantitative estimate of drug-likeness (QED) is 0.0753. The number of nitrogens with two attached hydrogens (primary N) is 2. The van der Waals surface area contributed by atoms with Crippen molar-refractivity contribution in [3.63, 3.8) is 0 Å². The zero-order chi connectivity index (χ0) is 22.6. The number of oxime groups is 1. The minimum absolute atomic E-state index is 0. The molecule has 1 aliphatic rings. The van der Waals surface area contributed by atoms with Crippen LogP contribution in [-0.4, -0.2) is 112 Å². The number of hydrogen-bond donors (Lipinski definition) is 5. The normalized spacial score (nSPS) is 18.4. The number of carbonyl (C=O) groups is 4. The number of aliphatic carboxylic acids is 1. The zero-order valence-electron chi connectivity index (χ0n) is 15.6. The van der Waals surface area contributed by atoms with Crippen LogP contribution in [0.3, 0.4) is 0 Å². The average molecular weight is 489 g/mol. The molecule has 1 radical (unpaired) electrons. The van der Waals surface area contributed by atoms with E-state index in [4.69, 9.17) is 21.1 Å². The van der Waals surface area contributed by atoms with Gasteiger partial charge in [0.25, 0.3) is 11.8 Å². The van der Waals surface area contributed by atoms with Crippen molar-refractivity contribution in [2.75, 3.05) is 18.9 Å². The number of carboxylic acids is 1. The van der Waals surface area contributed by atoms with Crippen LogP contribution in [0.15, 0.2) is 10.5 Å². The molecule has 0 spiro atoms. The molecule has 16 nitrogen and oxygen atoms in total. The molecule has 2 atom stereocenters. The Hall–Kier alpha value is -2.51. The van der Waals surface area contributed by atoms with E-state index in [2.05, 4.69) is 25.0 Å². The number of aromatic nitrogens is 1. The molecule has 1 saturated heterocycles. The smallest absolute Gasteiger partial charge is 0.404 e. The molecule has 1 aromatic rings. The van der Waals surface area contributed by atoms with Crippen molar-refractivity contribution in [2.24, 2.45) is 10.9 Å². The summed E-state index contributed by atoms with van der Waals surface area (Å²) in [7, 11) is -5.02. The number of β-lactam (4-membered cyclic amide) rings is 1. The van der Waals surface area contributed by atoms with Gasteiger partial charge in [0.1, 0.15) is 24.4 Å². The molecule has 165 valence electrons. The SMILES string of the molecule is NC(=O)OC[C@@H]1[C@H](NC(=O)/C(=N\OCC(=O)O)c2csc(N)n2)C(=O)N1S(=O)(=O)O.[Na]. The summed E-state index contributed by atoms with van der Waals surface area (Å²) in [6.07, 6.45) is -1.29. The second-order valence-electron chi connectivity index (χ2n) is 5.44. The molecule has 2 rings (SSSR count). The first-order valence-corrected chi connectivity index (χ1v) is 9.86. The monoisotopic (exact) mass is 489 g/mol. The van der Waals surface area contributed by atoms with E-state index in [1.807, 2.05) is 0 Å². The fourth-order valence-corrected chi connectivity index (χ4v) is 3.67. The number of nitrogens with zero attached hydrogens (tertiary/aromatic N) is 3. The summed E-state index contributed by atoms with van der Waals surface area (Å²) in [5, 5.41) is 15.4. The maximum absolute atomic E-state index is 12.6. The Balaban J connectivity index is 0.00000480. The molecule has 2 heterocycles. The van der Waals surface area contributed by atoms with Gasteiger partial charge < -0.3 is 31.5 Å². The van der Waals surface area contributed by atoms with Gasteiger partial charge in [-0.05, 0) is 0 Å². The number of ether oxygens (including phenoxy) is 1. The van der Waals surface area contributed by atoms with E-state index in [1.54, 1.807) is 0 Å². The first-order valence-electron chi connectivity index (χ1n) is 7.58. The van der Waals surface area contributed by atoms with Crippen LogP contribution in [0.1, 0.15) is 5.69 Å². The first kappa shape index (κ1) is 26.5. The number of carboxylic acid groups (broad SMARTS) is 1. The molecule has 7 N–H and O–H groups in total. The Bertz CT molecular complexity index is 1010. The maximum Gasteiger partial charge on any atom is 0.404 e. The number of thiazole rings is 1. The van der Waals surface area contributed by atoms with E-state index in [9.17, 15) is 27.6 Å². The van der Waals surface area contributed by atoms with E-state index in [1.165, 1.54) is 5.38 Å². The van der Waals surface area contributed by atoms with E-state index in [0.29, 0.717) is 0 Å². The topological polar surface area (TPSA) is 254 Å². The number of carbonyl (C=O) groups excluding carboxylic acids is 3. The van der Waals surface area contributed by atoms with Crippen LogP contribution in [-0.2, 0) is 34.3 Å². The Morgan fingerprint density at radius 1 is 1.39 bits per heavy atom. The third-order valence-corrected chi connectivity index (χ3v) is 5.05. The third kappa shape index (κ3) is 6.74. The van der Waals surface area contributed by atoms with Crippen molar-refractivity contribution < 1.29 is 46.8 Å². The molecule has 31 heavy (non-hydrogen) atoms. The molecular formula is C12H14N6NaO10S2. The van der Waals surface area contributed by atoms with E-state index < -0.39 is 65.2 Å². The summed E-state index contributed by atoms with van der Waals surface area (Å²) in [5.41, 5.74) is 9.58. The number of amides is 3. The van der Waals surface area contributed by atoms with Crippen LogP contribution in [0.5, 0.6) is 0 Å². The zero-order valence-corrected chi connectivity index (χ0v) is 19.3. The van der Waals surface area contributed by atoms with Gasteiger partial charge in [-0.15, -0.1) is 11.3 Å². The van der Waals surface area contributed by atoms with Crippen LogP contribution >= 0.6 is 11.3 Å². The van der Waals surface area contributed by atoms with Gasteiger partial charge in [-0.2, -0.15) is 8.42 Å². The summed E-state index contributed by atoms with van der Waals surface area (Å²) in [6.45, 7) is -1.66. The molecule has 19 heteroatoms. The molecule has 1 aliphatic heterocycles. The minimum atomic E-state index is -5.02. The molecule has 1 aromatic heterocycles. The number of nitrogens with one attached hydrogen (secondary N) is 1. The molecule has 3 amide bonds. The third-order valence-electron chi connectivity index (χ3n) is 3.42. The number of primary amides is 1. The van der Waals surface area contributed by atoms with Crippen molar-refractivity contribution in [3.8, 4) is 0 Å². The Labute approximate surface area is 199 Å². The van der Waals surface area contributed by atoms with Crippen molar-refractivity contribution in [3.05, 3.63) is 11.1 Å². The number of hydrogen-bond acceptors (Lipinski definition) is 12. The molecule has 0 saturated carbocycles. The Kier molecular flexibility index (Phi) is 9.14. The van der Waals surface area contributed by atoms with Crippen molar-refractivity contribution in [1.29, 1.82) is 0 Å². The van der Waals surface area contributed by atoms with Gasteiger partial charge in [0.15, 0.2) is 10.8 Å². The summed E-state index contributed by atoms with van der Waals surface area (Å²) in [5.74, 6) is -3.76. The largest absolute Gasteiger partial charge is 0.479 e. The Morgan fingerprint density at radius 3 is 2.52 bits per heavy atom.